The van der Waals surface area contributed by atoms with Crippen LogP contribution in [0.4, 0.5) is 0 Å². The lowest BCUT2D eigenvalue weighted by molar-refractivity contribution is -0.143. The summed E-state index contributed by atoms with van der Waals surface area (Å²) in [5.74, 6) is 0.648. The summed E-state index contributed by atoms with van der Waals surface area (Å²) < 4.78 is 7.75. The van der Waals surface area contributed by atoms with E-state index in [0.29, 0.717) is 25.4 Å². The number of hydrogen-bond acceptors (Lipinski definition) is 4. The van der Waals surface area contributed by atoms with Gasteiger partial charge >= 0.3 is 0 Å². The SMILES string of the molecule is CCN(CC)C(=O)CSc1cn(CC(=O)N2C[C@@H](C)O[C@H](C)C2)c2ccccc12. The van der Waals surface area contributed by atoms with Crippen molar-refractivity contribution in [3.63, 3.8) is 0 Å². The lowest BCUT2D eigenvalue weighted by Crippen LogP contribution is -2.49. The number of aromatic nitrogens is 1. The Morgan fingerprint density at radius 3 is 2.45 bits per heavy atom. The number of benzene rings is 1. The van der Waals surface area contributed by atoms with E-state index in [0.717, 1.165) is 28.9 Å². The highest BCUT2D eigenvalue weighted by Gasteiger charge is 2.26. The van der Waals surface area contributed by atoms with Crippen LogP contribution in [0.3, 0.4) is 0 Å². The first-order valence-corrected chi connectivity index (χ1v) is 11.3. The van der Waals surface area contributed by atoms with Crippen LogP contribution in [0.1, 0.15) is 27.7 Å². The van der Waals surface area contributed by atoms with E-state index in [1.807, 2.05) is 66.5 Å². The molecule has 1 aromatic heterocycles. The van der Waals surface area contributed by atoms with Crippen LogP contribution in [0.2, 0.25) is 0 Å². The highest BCUT2D eigenvalue weighted by atomic mass is 32.2. The van der Waals surface area contributed by atoms with Crippen molar-refractivity contribution in [1.82, 2.24) is 14.4 Å². The second-order valence-electron chi connectivity index (χ2n) is 7.55. The van der Waals surface area contributed by atoms with E-state index in [9.17, 15) is 9.59 Å². The van der Waals surface area contributed by atoms with Gasteiger partial charge in [-0.25, -0.2) is 0 Å². The molecule has 0 saturated carbocycles. The molecule has 2 atom stereocenters. The molecule has 7 heteroatoms. The molecule has 158 valence electrons. The van der Waals surface area contributed by atoms with Crippen molar-refractivity contribution in [2.45, 2.75) is 51.3 Å². The molecule has 2 amide bonds. The zero-order valence-corrected chi connectivity index (χ0v) is 18.6. The highest BCUT2D eigenvalue weighted by molar-refractivity contribution is 8.00. The van der Waals surface area contributed by atoms with Crippen LogP contribution in [-0.4, -0.2) is 70.3 Å². The summed E-state index contributed by atoms with van der Waals surface area (Å²) in [6.07, 6.45) is 2.12. The van der Waals surface area contributed by atoms with Gasteiger partial charge in [-0.15, -0.1) is 11.8 Å². The summed E-state index contributed by atoms with van der Waals surface area (Å²) in [5, 5.41) is 1.08. The third-order valence-corrected chi connectivity index (χ3v) is 6.32. The number of morpholine rings is 1. The standard InChI is InChI=1S/C22H31N3O3S/c1-5-23(6-2)22(27)15-29-20-13-24(19-10-8-7-9-18(19)20)14-21(26)25-11-16(3)28-17(4)12-25/h7-10,13,16-17H,5-6,11-12,14-15H2,1-4H3/t16-,17-/m1/s1. The number of carbonyl (C=O) groups excluding carboxylic acids is 2. The van der Waals surface area contributed by atoms with Gasteiger partial charge in [0.15, 0.2) is 0 Å². The fourth-order valence-electron chi connectivity index (χ4n) is 3.89. The quantitative estimate of drug-likeness (QED) is 0.649. The zero-order chi connectivity index (χ0) is 21.0. The Bertz CT molecular complexity index is 852. The summed E-state index contributed by atoms with van der Waals surface area (Å²) in [6, 6.07) is 8.07. The van der Waals surface area contributed by atoms with E-state index in [-0.39, 0.29) is 24.0 Å². The average molecular weight is 418 g/mol. The van der Waals surface area contributed by atoms with Crippen LogP contribution in [0.5, 0.6) is 0 Å². The van der Waals surface area contributed by atoms with Gasteiger partial charge in [0.25, 0.3) is 0 Å². The normalized spacial score (nSPS) is 19.5. The topological polar surface area (TPSA) is 54.8 Å². The molecule has 2 heterocycles. The van der Waals surface area contributed by atoms with Gasteiger partial charge in [0.2, 0.25) is 11.8 Å². The number of thioether (sulfide) groups is 1. The maximum Gasteiger partial charge on any atom is 0.242 e. The molecular weight excluding hydrogens is 386 g/mol. The van der Waals surface area contributed by atoms with Gasteiger partial charge in [-0.2, -0.15) is 0 Å². The largest absolute Gasteiger partial charge is 0.372 e. The molecule has 0 radical (unpaired) electrons. The van der Waals surface area contributed by atoms with E-state index in [1.54, 1.807) is 11.8 Å². The number of nitrogens with zero attached hydrogens (tertiary/aromatic N) is 3. The minimum Gasteiger partial charge on any atom is -0.372 e. The van der Waals surface area contributed by atoms with E-state index in [4.69, 9.17) is 4.74 Å². The van der Waals surface area contributed by atoms with Crippen LogP contribution in [0, 0.1) is 0 Å². The van der Waals surface area contributed by atoms with Gasteiger partial charge in [0.05, 0.1) is 18.0 Å². The first kappa shape index (κ1) is 21.7. The van der Waals surface area contributed by atoms with Crippen LogP contribution in [-0.2, 0) is 20.9 Å². The Morgan fingerprint density at radius 2 is 1.79 bits per heavy atom. The van der Waals surface area contributed by atoms with Gasteiger partial charge < -0.3 is 19.1 Å². The fraction of sp³-hybridized carbons (Fsp3) is 0.545. The number of amides is 2. The third kappa shape index (κ3) is 5.14. The first-order valence-electron chi connectivity index (χ1n) is 10.3. The molecule has 2 aromatic rings. The lowest BCUT2D eigenvalue weighted by Gasteiger charge is -2.35. The average Bonchev–Trinajstić information content (AvgIpc) is 3.04. The van der Waals surface area contributed by atoms with Crippen molar-refractivity contribution in [1.29, 1.82) is 0 Å². The Kier molecular flexibility index (Phi) is 7.24. The van der Waals surface area contributed by atoms with E-state index < -0.39 is 0 Å². The molecule has 1 aliphatic heterocycles. The maximum atomic E-state index is 12.9. The molecule has 3 rings (SSSR count). The van der Waals surface area contributed by atoms with E-state index in [1.165, 1.54) is 0 Å². The van der Waals surface area contributed by atoms with Crippen LogP contribution >= 0.6 is 11.8 Å². The predicted octanol–water partition coefficient (Wildman–Crippen LogP) is 3.24. The molecule has 1 aromatic carbocycles. The fourth-order valence-corrected chi connectivity index (χ4v) is 4.88. The molecule has 1 saturated heterocycles. The van der Waals surface area contributed by atoms with Crippen molar-refractivity contribution in [2.75, 3.05) is 31.9 Å². The summed E-state index contributed by atoms with van der Waals surface area (Å²) in [4.78, 5) is 30.1. The van der Waals surface area contributed by atoms with Crippen molar-refractivity contribution >= 4 is 34.5 Å². The molecule has 0 bridgehead atoms. The molecule has 1 aliphatic rings. The number of hydrogen-bond donors (Lipinski definition) is 0. The molecular formula is C22H31N3O3S. The molecule has 0 N–H and O–H groups in total. The van der Waals surface area contributed by atoms with Gasteiger partial charge in [-0.1, -0.05) is 18.2 Å². The number of para-hydroxylation sites is 1. The molecule has 0 aliphatic carbocycles. The van der Waals surface area contributed by atoms with Crippen molar-refractivity contribution in [3.05, 3.63) is 30.5 Å². The summed E-state index contributed by atoms with van der Waals surface area (Å²) in [6.45, 7) is 11.0. The lowest BCUT2D eigenvalue weighted by atomic mass is 10.2. The highest BCUT2D eigenvalue weighted by Crippen LogP contribution is 2.30. The molecule has 0 spiro atoms. The van der Waals surface area contributed by atoms with Crippen LogP contribution in [0.25, 0.3) is 10.9 Å². The monoisotopic (exact) mass is 417 g/mol. The Labute approximate surface area is 177 Å². The van der Waals surface area contributed by atoms with Crippen LogP contribution < -0.4 is 0 Å². The molecule has 29 heavy (non-hydrogen) atoms. The molecule has 1 fully saturated rings. The Hall–Kier alpha value is -1.99. The molecule has 6 nitrogen and oxygen atoms in total. The third-order valence-electron chi connectivity index (χ3n) is 5.30. The summed E-state index contributed by atoms with van der Waals surface area (Å²) in [5.41, 5.74) is 1.02. The maximum absolute atomic E-state index is 12.9. The number of fused-ring (bicyclic) bond motifs is 1. The van der Waals surface area contributed by atoms with Gasteiger partial charge in [0.1, 0.15) is 6.54 Å². The number of rotatable bonds is 7. The number of carbonyl (C=O) groups is 2. The summed E-state index contributed by atoms with van der Waals surface area (Å²) in [7, 11) is 0. The number of ether oxygens (including phenoxy) is 1. The second-order valence-corrected chi connectivity index (χ2v) is 8.57. The van der Waals surface area contributed by atoms with E-state index in [2.05, 4.69) is 6.07 Å². The minimum absolute atomic E-state index is 0.0568. The van der Waals surface area contributed by atoms with Gasteiger partial charge in [-0.3, -0.25) is 9.59 Å². The molecule has 0 unspecified atom stereocenters. The predicted molar refractivity (Wildman–Crippen MR) is 117 cm³/mol. The van der Waals surface area contributed by atoms with Gasteiger partial charge in [0, 0.05) is 48.2 Å². The van der Waals surface area contributed by atoms with Crippen molar-refractivity contribution in [3.8, 4) is 0 Å². The smallest absolute Gasteiger partial charge is 0.242 e. The second kappa shape index (κ2) is 9.67. The first-order chi connectivity index (χ1) is 13.9. The van der Waals surface area contributed by atoms with E-state index >= 15 is 0 Å². The van der Waals surface area contributed by atoms with Crippen molar-refractivity contribution in [2.24, 2.45) is 0 Å². The zero-order valence-electron chi connectivity index (χ0n) is 17.8. The Balaban J connectivity index is 1.75. The Morgan fingerprint density at radius 1 is 1.14 bits per heavy atom. The van der Waals surface area contributed by atoms with Crippen LogP contribution in [0.15, 0.2) is 35.4 Å². The summed E-state index contributed by atoms with van der Waals surface area (Å²) >= 11 is 1.54. The minimum atomic E-state index is 0.0568. The van der Waals surface area contributed by atoms with Crippen molar-refractivity contribution < 1.29 is 14.3 Å². The van der Waals surface area contributed by atoms with Gasteiger partial charge in [-0.05, 0) is 33.8 Å².